The predicted molar refractivity (Wildman–Crippen MR) is 59.6 cm³/mol. The van der Waals surface area contributed by atoms with Gasteiger partial charge < -0.3 is 9.29 Å². The maximum absolute atomic E-state index is 11.6. The largest absolute Gasteiger partial charge is 0.744 e. The summed E-state index contributed by atoms with van der Waals surface area (Å²) in [6.07, 6.45) is 1.55. The van der Waals surface area contributed by atoms with E-state index in [-0.39, 0.29) is 12.2 Å². The molecule has 0 unspecified atom stereocenters. The summed E-state index contributed by atoms with van der Waals surface area (Å²) in [4.78, 5) is 11.0. The molecule has 1 aromatic carbocycles. The quantitative estimate of drug-likeness (QED) is 0.454. The predicted octanol–water partition coefficient (Wildman–Crippen LogP) is 1.55. The molecule has 0 bridgehead atoms. The molecule has 0 aliphatic rings. The van der Waals surface area contributed by atoms with Crippen LogP contribution in [0, 0.1) is 0 Å². The van der Waals surface area contributed by atoms with Crippen molar-refractivity contribution in [2.45, 2.75) is 24.7 Å². The Morgan fingerprint density at radius 1 is 1.35 bits per heavy atom. The minimum absolute atomic E-state index is 0.210. The van der Waals surface area contributed by atoms with E-state index in [1.165, 1.54) is 18.2 Å². The Morgan fingerprint density at radius 2 is 2.00 bits per heavy atom. The number of carbonyl (C=O) groups excluding carboxylic acids is 1. The zero-order valence-electron chi connectivity index (χ0n) is 9.38. The maximum Gasteiger partial charge on any atom is 0.339 e. The topological polar surface area (TPSA) is 83.5 Å². The third-order valence-electron chi connectivity index (χ3n) is 2.11. The highest BCUT2D eigenvalue weighted by Gasteiger charge is 2.15. The Morgan fingerprint density at radius 3 is 2.59 bits per heavy atom. The zero-order valence-corrected chi connectivity index (χ0v) is 10.2. The Hall–Kier alpha value is -1.40. The molecule has 0 saturated carbocycles. The monoisotopic (exact) mass is 257 g/mol. The number of hydrogen-bond donors (Lipinski definition) is 0. The third kappa shape index (κ3) is 3.83. The van der Waals surface area contributed by atoms with Gasteiger partial charge in [0.1, 0.15) is 10.1 Å². The second-order valence-corrected chi connectivity index (χ2v) is 4.79. The minimum Gasteiger partial charge on any atom is -0.744 e. The molecular weight excluding hydrogens is 244 g/mol. The van der Waals surface area contributed by atoms with Gasteiger partial charge in [0.25, 0.3) is 0 Å². The zero-order chi connectivity index (χ0) is 12.9. The summed E-state index contributed by atoms with van der Waals surface area (Å²) in [5.41, 5.74) is -0.210. The molecule has 1 aromatic rings. The average molecular weight is 257 g/mol. The lowest BCUT2D eigenvalue weighted by Crippen LogP contribution is -2.12. The second kappa shape index (κ2) is 5.79. The van der Waals surface area contributed by atoms with E-state index in [1.807, 2.05) is 6.92 Å². The molecule has 94 valence electrons. The van der Waals surface area contributed by atoms with E-state index >= 15 is 0 Å². The minimum atomic E-state index is -4.66. The van der Waals surface area contributed by atoms with Crippen molar-refractivity contribution in [3.8, 4) is 0 Å². The Kier molecular flexibility index (Phi) is 4.65. The summed E-state index contributed by atoms with van der Waals surface area (Å²) in [5, 5.41) is 0. The van der Waals surface area contributed by atoms with Crippen LogP contribution < -0.4 is 0 Å². The van der Waals surface area contributed by atoms with Crippen LogP contribution in [-0.4, -0.2) is 25.5 Å². The molecule has 0 N–H and O–H groups in total. The van der Waals surface area contributed by atoms with Crippen molar-refractivity contribution in [2.24, 2.45) is 0 Å². The van der Waals surface area contributed by atoms with Crippen LogP contribution in [0.4, 0.5) is 0 Å². The summed E-state index contributed by atoms with van der Waals surface area (Å²) >= 11 is 0. The lowest BCUT2D eigenvalue weighted by Gasteiger charge is -2.11. The van der Waals surface area contributed by atoms with Crippen LogP contribution in [-0.2, 0) is 14.9 Å². The molecule has 0 fully saturated rings. The fraction of sp³-hybridized carbons (Fsp3) is 0.364. The summed E-state index contributed by atoms with van der Waals surface area (Å²) < 4.78 is 37.6. The standard InChI is InChI=1S/C11H14O5S/c1-2-3-8-16-11(12)9-6-4-5-7-10(9)17(13,14)15/h4-7H,2-3,8H2,1H3,(H,13,14,15)/p-1. The van der Waals surface area contributed by atoms with Crippen molar-refractivity contribution in [1.29, 1.82) is 0 Å². The van der Waals surface area contributed by atoms with Gasteiger partial charge in [0.05, 0.1) is 17.1 Å². The molecule has 6 heteroatoms. The average Bonchev–Trinajstić information content (AvgIpc) is 2.28. The van der Waals surface area contributed by atoms with Gasteiger partial charge in [0, 0.05) is 0 Å². The van der Waals surface area contributed by atoms with Gasteiger partial charge in [-0.15, -0.1) is 0 Å². The molecule has 5 nitrogen and oxygen atoms in total. The van der Waals surface area contributed by atoms with Crippen LogP contribution in [0.5, 0.6) is 0 Å². The Balaban J connectivity index is 2.94. The van der Waals surface area contributed by atoms with Crippen LogP contribution in [0.15, 0.2) is 29.2 Å². The number of unbranched alkanes of at least 4 members (excludes halogenated alkanes) is 1. The number of ether oxygens (including phenoxy) is 1. The van der Waals surface area contributed by atoms with Gasteiger partial charge in [-0.05, 0) is 18.6 Å². The van der Waals surface area contributed by atoms with E-state index in [0.29, 0.717) is 6.42 Å². The number of benzene rings is 1. The smallest absolute Gasteiger partial charge is 0.339 e. The maximum atomic E-state index is 11.6. The van der Waals surface area contributed by atoms with Crippen LogP contribution >= 0.6 is 0 Å². The SMILES string of the molecule is CCCCOC(=O)c1ccccc1S(=O)(=O)[O-]. The summed E-state index contributed by atoms with van der Waals surface area (Å²) in [6, 6.07) is 5.22. The normalized spacial score (nSPS) is 11.2. The lowest BCUT2D eigenvalue weighted by atomic mass is 10.2. The highest BCUT2D eigenvalue weighted by Crippen LogP contribution is 2.16. The fourth-order valence-electron chi connectivity index (χ4n) is 1.24. The van der Waals surface area contributed by atoms with E-state index < -0.39 is 21.0 Å². The molecule has 0 aromatic heterocycles. The van der Waals surface area contributed by atoms with Crippen molar-refractivity contribution >= 4 is 16.1 Å². The number of rotatable bonds is 5. The van der Waals surface area contributed by atoms with Crippen molar-refractivity contribution < 1.29 is 22.5 Å². The molecule has 0 atom stereocenters. The van der Waals surface area contributed by atoms with Gasteiger partial charge in [-0.3, -0.25) is 0 Å². The Bertz CT molecular complexity index is 492. The van der Waals surface area contributed by atoms with E-state index in [4.69, 9.17) is 4.74 Å². The molecule has 17 heavy (non-hydrogen) atoms. The summed E-state index contributed by atoms with van der Waals surface area (Å²) in [6.45, 7) is 2.15. The van der Waals surface area contributed by atoms with E-state index in [9.17, 15) is 17.8 Å². The molecule has 1 rings (SSSR count). The third-order valence-corrected chi connectivity index (χ3v) is 3.00. The molecule has 0 amide bonds. The van der Waals surface area contributed by atoms with Crippen molar-refractivity contribution in [2.75, 3.05) is 6.61 Å². The van der Waals surface area contributed by atoms with Gasteiger partial charge in [0.2, 0.25) is 0 Å². The number of carbonyl (C=O) groups is 1. The van der Waals surface area contributed by atoms with E-state index in [0.717, 1.165) is 12.5 Å². The van der Waals surface area contributed by atoms with Crippen LogP contribution in [0.1, 0.15) is 30.1 Å². The van der Waals surface area contributed by atoms with Gasteiger partial charge in [-0.1, -0.05) is 25.5 Å². The highest BCUT2D eigenvalue weighted by atomic mass is 32.2. The number of esters is 1. The number of hydrogen-bond acceptors (Lipinski definition) is 5. The highest BCUT2D eigenvalue weighted by molar-refractivity contribution is 7.85. The van der Waals surface area contributed by atoms with Crippen LogP contribution in [0.3, 0.4) is 0 Å². The van der Waals surface area contributed by atoms with Gasteiger partial charge in [0.15, 0.2) is 0 Å². The van der Waals surface area contributed by atoms with E-state index in [1.54, 1.807) is 0 Å². The second-order valence-electron chi connectivity index (χ2n) is 3.44. The van der Waals surface area contributed by atoms with Gasteiger partial charge in [-0.25, -0.2) is 13.2 Å². The summed E-state index contributed by atoms with van der Waals surface area (Å²) in [7, 11) is -4.66. The molecule has 0 heterocycles. The van der Waals surface area contributed by atoms with Crippen molar-refractivity contribution in [3.63, 3.8) is 0 Å². The molecule has 0 aliphatic heterocycles. The Labute approximate surface area is 100 Å². The molecule has 0 spiro atoms. The summed E-state index contributed by atoms with van der Waals surface area (Å²) in [5.74, 6) is -0.784. The van der Waals surface area contributed by atoms with Gasteiger partial charge in [-0.2, -0.15) is 0 Å². The first-order chi connectivity index (χ1) is 7.96. The van der Waals surface area contributed by atoms with Gasteiger partial charge >= 0.3 is 5.97 Å². The molecule has 0 saturated heterocycles. The first-order valence-electron chi connectivity index (χ1n) is 5.19. The first kappa shape index (κ1) is 13.7. The molecule has 0 radical (unpaired) electrons. The van der Waals surface area contributed by atoms with Crippen molar-refractivity contribution in [1.82, 2.24) is 0 Å². The van der Waals surface area contributed by atoms with Crippen molar-refractivity contribution in [3.05, 3.63) is 29.8 Å². The fourth-order valence-corrected chi connectivity index (χ4v) is 1.91. The molecule has 0 aliphatic carbocycles. The lowest BCUT2D eigenvalue weighted by molar-refractivity contribution is 0.0495. The van der Waals surface area contributed by atoms with Crippen LogP contribution in [0.25, 0.3) is 0 Å². The first-order valence-corrected chi connectivity index (χ1v) is 6.59. The van der Waals surface area contributed by atoms with Crippen LogP contribution in [0.2, 0.25) is 0 Å². The molecular formula is C11H13O5S-. The van der Waals surface area contributed by atoms with E-state index in [2.05, 4.69) is 0 Å².